The van der Waals surface area contributed by atoms with Gasteiger partial charge in [-0.3, -0.25) is 0 Å². The van der Waals surface area contributed by atoms with E-state index in [4.69, 9.17) is 14.6 Å². The highest BCUT2D eigenvalue weighted by Crippen LogP contribution is 2.13. The van der Waals surface area contributed by atoms with Gasteiger partial charge in [-0.2, -0.15) is 0 Å². The third kappa shape index (κ3) is 5.60. The molecule has 0 fully saturated rings. The molecule has 3 nitrogen and oxygen atoms in total. The van der Waals surface area contributed by atoms with Crippen LogP contribution >= 0.6 is 0 Å². The van der Waals surface area contributed by atoms with Crippen LogP contribution in [-0.2, 0) is 9.47 Å². The number of rotatable bonds is 7. The van der Waals surface area contributed by atoms with Gasteiger partial charge >= 0.3 is 0 Å². The molecule has 0 aliphatic carbocycles. The Morgan fingerprint density at radius 3 is 2.47 bits per heavy atom. The highest BCUT2D eigenvalue weighted by Gasteiger charge is 2.07. The molecule has 88 valence electrons. The number of aliphatic hydroxyl groups excluding tert-OH is 1. The fraction of sp³-hybridized carbons (Fsp3) is 0.667. The van der Waals surface area contributed by atoms with E-state index in [1.165, 1.54) is 0 Å². The molecular formula is C12H22O3. The predicted molar refractivity (Wildman–Crippen MR) is 61.6 cm³/mol. The minimum atomic E-state index is -0.0612. The molecule has 0 aromatic carbocycles. The lowest BCUT2D eigenvalue weighted by Gasteiger charge is -2.13. The van der Waals surface area contributed by atoms with E-state index in [1.54, 1.807) is 14.2 Å². The van der Waals surface area contributed by atoms with Crippen LogP contribution in [0.3, 0.4) is 0 Å². The van der Waals surface area contributed by atoms with Crippen LogP contribution in [-0.4, -0.2) is 32.0 Å². The Hall–Kier alpha value is -0.800. The zero-order valence-corrected chi connectivity index (χ0v) is 10.1. The molecule has 0 radical (unpaired) electrons. The van der Waals surface area contributed by atoms with Crippen LogP contribution in [0.1, 0.15) is 26.7 Å². The van der Waals surface area contributed by atoms with Crippen molar-refractivity contribution < 1.29 is 14.6 Å². The van der Waals surface area contributed by atoms with Crippen LogP contribution < -0.4 is 0 Å². The standard InChI is InChI=1S/C12H22O3/c1-5-6-11(7-8-13)9-12(15-4)10(2)14-3/h6,9-10,13H,5,7-8H2,1-4H3/b11-6-,12-9+. The zero-order chi connectivity index (χ0) is 11.7. The summed E-state index contributed by atoms with van der Waals surface area (Å²) in [5.74, 6) is 0.783. The van der Waals surface area contributed by atoms with Gasteiger partial charge in [0.05, 0.1) is 7.11 Å². The second kappa shape index (κ2) is 8.50. The van der Waals surface area contributed by atoms with Crippen LogP contribution in [0, 0.1) is 0 Å². The minimum absolute atomic E-state index is 0.0612. The van der Waals surface area contributed by atoms with Crippen molar-refractivity contribution in [2.24, 2.45) is 0 Å². The van der Waals surface area contributed by atoms with E-state index in [9.17, 15) is 0 Å². The van der Waals surface area contributed by atoms with Gasteiger partial charge in [0.2, 0.25) is 0 Å². The minimum Gasteiger partial charge on any atom is -0.498 e. The van der Waals surface area contributed by atoms with Crippen LogP contribution in [0.25, 0.3) is 0 Å². The zero-order valence-electron chi connectivity index (χ0n) is 10.1. The largest absolute Gasteiger partial charge is 0.498 e. The summed E-state index contributed by atoms with van der Waals surface area (Å²) < 4.78 is 10.4. The van der Waals surface area contributed by atoms with Crippen LogP contribution in [0.2, 0.25) is 0 Å². The second-order valence-electron chi connectivity index (χ2n) is 3.29. The molecule has 15 heavy (non-hydrogen) atoms. The number of allylic oxidation sites excluding steroid dienone is 2. The maximum absolute atomic E-state index is 8.90. The quantitative estimate of drug-likeness (QED) is 0.522. The van der Waals surface area contributed by atoms with Crippen molar-refractivity contribution in [2.45, 2.75) is 32.8 Å². The molecule has 0 spiro atoms. The normalized spacial score (nSPS) is 15.3. The summed E-state index contributed by atoms with van der Waals surface area (Å²) in [5, 5.41) is 8.90. The second-order valence-corrected chi connectivity index (χ2v) is 3.29. The molecule has 0 bridgehead atoms. The fourth-order valence-corrected chi connectivity index (χ4v) is 1.27. The van der Waals surface area contributed by atoms with Crippen molar-refractivity contribution in [1.82, 2.24) is 0 Å². The summed E-state index contributed by atoms with van der Waals surface area (Å²) in [4.78, 5) is 0. The maximum atomic E-state index is 8.90. The molecule has 0 aliphatic heterocycles. The molecule has 3 heteroatoms. The van der Waals surface area contributed by atoms with Crippen molar-refractivity contribution in [2.75, 3.05) is 20.8 Å². The summed E-state index contributed by atoms with van der Waals surface area (Å²) in [6.07, 6.45) is 5.56. The van der Waals surface area contributed by atoms with E-state index in [0.717, 1.165) is 17.8 Å². The first kappa shape index (κ1) is 14.2. The SMILES string of the molecule is CC/C=C(\C=C(\OC)C(C)OC)CCO. The van der Waals surface area contributed by atoms with Gasteiger partial charge in [-0.1, -0.05) is 13.0 Å². The van der Waals surface area contributed by atoms with Gasteiger partial charge in [-0.15, -0.1) is 0 Å². The number of hydrogen-bond donors (Lipinski definition) is 1. The molecular weight excluding hydrogens is 192 g/mol. The number of hydrogen-bond acceptors (Lipinski definition) is 3. The smallest absolute Gasteiger partial charge is 0.124 e. The Bertz CT molecular complexity index is 219. The summed E-state index contributed by atoms with van der Waals surface area (Å²) in [5.41, 5.74) is 1.08. The monoisotopic (exact) mass is 214 g/mol. The van der Waals surface area contributed by atoms with Gasteiger partial charge in [-0.05, 0) is 31.4 Å². The van der Waals surface area contributed by atoms with Gasteiger partial charge in [0.25, 0.3) is 0 Å². The Labute approximate surface area is 92.4 Å². The molecule has 0 saturated heterocycles. The van der Waals surface area contributed by atoms with E-state index >= 15 is 0 Å². The Balaban J connectivity index is 4.67. The Kier molecular flexibility index (Phi) is 8.05. The van der Waals surface area contributed by atoms with E-state index in [1.807, 2.05) is 13.0 Å². The molecule has 0 amide bonds. The van der Waals surface area contributed by atoms with Gasteiger partial charge < -0.3 is 14.6 Å². The van der Waals surface area contributed by atoms with Crippen LogP contribution in [0.4, 0.5) is 0 Å². The lowest BCUT2D eigenvalue weighted by Crippen LogP contribution is -2.10. The molecule has 0 aliphatic rings. The fourth-order valence-electron chi connectivity index (χ4n) is 1.27. The maximum Gasteiger partial charge on any atom is 0.124 e. The number of aliphatic hydroxyl groups is 1. The summed E-state index contributed by atoms with van der Waals surface area (Å²) in [6.45, 7) is 4.15. The van der Waals surface area contributed by atoms with Crippen molar-refractivity contribution in [3.8, 4) is 0 Å². The van der Waals surface area contributed by atoms with Crippen LogP contribution in [0.15, 0.2) is 23.5 Å². The van der Waals surface area contributed by atoms with E-state index < -0.39 is 0 Å². The first-order valence-corrected chi connectivity index (χ1v) is 5.27. The highest BCUT2D eigenvalue weighted by atomic mass is 16.5. The van der Waals surface area contributed by atoms with Gasteiger partial charge in [0.1, 0.15) is 11.9 Å². The average Bonchev–Trinajstić information content (AvgIpc) is 2.25. The lowest BCUT2D eigenvalue weighted by atomic mass is 10.1. The van der Waals surface area contributed by atoms with Gasteiger partial charge in [-0.25, -0.2) is 0 Å². The van der Waals surface area contributed by atoms with Crippen molar-refractivity contribution in [1.29, 1.82) is 0 Å². The van der Waals surface area contributed by atoms with Crippen molar-refractivity contribution in [3.05, 3.63) is 23.5 Å². The van der Waals surface area contributed by atoms with E-state index in [2.05, 4.69) is 13.0 Å². The topological polar surface area (TPSA) is 38.7 Å². The molecule has 0 aromatic rings. The Morgan fingerprint density at radius 1 is 1.40 bits per heavy atom. The van der Waals surface area contributed by atoms with Gasteiger partial charge in [0.15, 0.2) is 0 Å². The summed E-state index contributed by atoms with van der Waals surface area (Å²) >= 11 is 0. The molecule has 1 unspecified atom stereocenters. The summed E-state index contributed by atoms with van der Waals surface area (Å²) in [6, 6.07) is 0. The van der Waals surface area contributed by atoms with Crippen LogP contribution in [0.5, 0.6) is 0 Å². The van der Waals surface area contributed by atoms with E-state index in [-0.39, 0.29) is 12.7 Å². The van der Waals surface area contributed by atoms with Gasteiger partial charge in [0, 0.05) is 13.7 Å². The number of ether oxygens (including phenoxy) is 2. The van der Waals surface area contributed by atoms with Crippen molar-refractivity contribution in [3.63, 3.8) is 0 Å². The third-order valence-corrected chi connectivity index (χ3v) is 2.18. The van der Waals surface area contributed by atoms with Crippen molar-refractivity contribution >= 4 is 0 Å². The molecule has 0 aromatic heterocycles. The highest BCUT2D eigenvalue weighted by molar-refractivity contribution is 5.22. The molecule has 0 heterocycles. The average molecular weight is 214 g/mol. The summed E-state index contributed by atoms with van der Waals surface area (Å²) in [7, 11) is 3.27. The molecule has 1 atom stereocenters. The third-order valence-electron chi connectivity index (χ3n) is 2.18. The van der Waals surface area contributed by atoms with E-state index in [0.29, 0.717) is 6.42 Å². The molecule has 0 saturated carbocycles. The first-order valence-electron chi connectivity index (χ1n) is 5.27. The lowest BCUT2D eigenvalue weighted by molar-refractivity contribution is 0.0914. The molecule has 0 rings (SSSR count). The Morgan fingerprint density at radius 2 is 2.07 bits per heavy atom. The molecule has 1 N–H and O–H groups in total. The number of methoxy groups -OCH3 is 2. The first-order chi connectivity index (χ1) is 7.19. The predicted octanol–water partition coefficient (Wildman–Crippen LogP) is 2.27.